The van der Waals surface area contributed by atoms with Crippen LogP contribution in [0.3, 0.4) is 0 Å². The topological polar surface area (TPSA) is 118 Å². The van der Waals surface area contributed by atoms with Gasteiger partial charge in [-0.3, -0.25) is 4.79 Å². The number of aliphatic carboxylic acids is 1. The van der Waals surface area contributed by atoms with Crippen molar-refractivity contribution in [3.63, 3.8) is 0 Å². The lowest BCUT2D eigenvalue weighted by Crippen LogP contribution is -2.35. The molecule has 0 aliphatic carbocycles. The molecule has 1 aliphatic rings. The number of thiophene rings is 1. The van der Waals surface area contributed by atoms with Crippen LogP contribution in [-0.2, 0) is 21.4 Å². The van der Waals surface area contributed by atoms with Crippen molar-refractivity contribution < 1.29 is 18.3 Å². The third-order valence-electron chi connectivity index (χ3n) is 3.53. The molecule has 3 rings (SSSR count). The molecular weight excluding hydrogens is 342 g/mol. The number of carbonyl (C=O) groups is 1. The van der Waals surface area contributed by atoms with Gasteiger partial charge < -0.3 is 5.11 Å². The number of aromatic nitrogens is 4. The number of nitrogens with zero attached hydrogens (tertiary/aromatic N) is 5. The second-order valence-electron chi connectivity index (χ2n) is 5.14. The molecule has 0 radical (unpaired) electrons. The van der Waals surface area contributed by atoms with Crippen LogP contribution < -0.4 is 0 Å². The van der Waals surface area contributed by atoms with Crippen LogP contribution in [0, 0.1) is 0 Å². The van der Waals surface area contributed by atoms with E-state index in [1.807, 2.05) is 0 Å². The van der Waals surface area contributed by atoms with Crippen molar-refractivity contribution in [1.82, 2.24) is 24.5 Å². The maximum atomic E-state index is 12.6. The van der Waals surface area contributed by atoms with Crippen molar-refractivity contribution in [1.29, 1.82) is 0 Å². The predicted octanol–water partition coefficient (Wildman–Crippen LogP) is 0.661. The van der Waals surface area contributed by atoms with Gasteiger partial charge in [-0.05, 0) is 35.4 Å². The summed E-state index contributed by atoms with van der Waals surface area (Å²) in [6, 6.07) is 3.12. The number of tetrazole rings is 1. The van der Waals surface area contributed by atoms with E-state index in [0.29, 0.717) is 18.0 Å². The van der Waals surface area contributed by atoms with Crippen molar-refractivity contribution in [2.24, 2.45) is 0 Å². The Morgan fingerprint density at radius 2 is 2.00 bits per heavy atom. The van der Waals surface area contributed by atoms with E-state index in [2.05, 4.69) is 15.5 Å². The first-order valence-corrected chi connectivity index (χ1v) is 9.32. The van der Waals surface area contributed by atoms with Crippen LogP contribution in [0.2, 0.25) is 0 Å². The smallest absolute Gasteiger partial charge is 0.325 e. The van der Waals surface area contributed by atoms with Gasteiger partial charge in [0.15, 0.2) is 5.82 Å². The SMILES string of the molecule is O=C(O)Cn1nnnc1-c1ccc(S(=O)(=O)N2CCCCC2)s1. The van der Waals surface area contributed by atoms with E-state index in [9.17, 15) is 13.2 Å². The first kappa shape index (κ1) is 16.0. The maximum absolute atomic E-state index is 12.6. The number of piperidine rings is 1. The third kappa shape index (κ3) is 3.26. The average Bonchev–Trinajstić information content (AvgIpc) is 3.16. The molecule has 1 aliphatic heterocycles. The van der Waals surface area contributed by atoms with Gasteiger partial charge in [-0.25, -0.2) is 13.1 Å². The molecule has 2 aromatic rings. The van der Waals surface area contributed by atoms with E-state index >= 15 is 0 Å². The minimum absolute atomic E-state index is 0.222. The summed E-state index contributed by atoms with van der Waals surface area (Å²) in [4.78, 5) is 11.3. The molecule has 0 amide bonds. The summed E-state index contributed by atoms with van der Waals surface area (Å²) in [7, 11) is -3.51. The quantitative estimate of drug-likeness (QED) is 0.835. The fourth-order valence-corrected chi connectivity index (χ4v) is 5.39. The van der Waals surface area contributed by atoms with E-state index in [0.717, 1.165) is 35.3 Å². The van der Waals surface area contributed by atoms with Crippen molar-refractivity contribution in [2.75, 3.05) is 13.1 Å². The Bertz CT molecular complexity index is 807. The van der Waals surface area contributed by atoms with E-state index < -0.39 is 16.0 Å². The highest BCUT2D eigenvalue weighted by Crippen LogP contribution is 2.31. The summed E-state index contributed by atoms with van der Waals surface area (Å²) in [6.45, 7) is 0.688. The second kappa shape index (κ2) is 6.34. The van der Waals surface area contributed by atoms with Gasteiger partial charge in [0.1, 0.15) is 10.8 Å². The molecule has 0 saturated carbocycles. The molecule has 0 spiro atoms. The van der Waals surface area contributed by atoms with Crippen molar-refractivity contribution in [2.45, 2.75) is 30.0 Å². The van der Waals surface area contributed by atoms with Crippen molar-refractivity contribution in [3.8, 4) is 10.7 Å². The molecule has 1 N–H and O–H groups in total. The summed E-state index contributed by atoms with van der Waals surface area (Å²) < 4.78 is 28.1. The van der Waals surface area contributed by atoms with Crippen LogP contribution in [0.25, 0.3) is 10.7 Å². The van der Waals surface area contributed by atoms with Gasteiger partial charge in [0, 0.05) is 13.1 Å². The van der Waals surface area contributed by atoms with Crippen molar-refractivity contribution >= 4 is 27.3 Å². The van der Waals surface area contributed by atoms with Crippen molar-refractivity contribution in [3.05, 3.63) is 12.1 Å². The Morgan fingerprint density at radius 3 is 2.70 bits per heavy atom. The number of rotatable bonds is 5. The largest absolute Gasteiger partial charge is 0.480 e. The lowest BCUT2D eigenvalue weighted by Gasteiger charge is -2.25. The van der Waals surface area contributed by atoms with Crippen LogP contribution >= 0.6 is 11.3 Å². The summed E-state index contributed by atoms with van der Waals surface area (Å²) in [5.74, 6) is -0.825. The standard InChI is InChI=1S/C12H15N5O4S2/c18-10(19)8-17-12(13-14-15-17)9-4-5-11(22-9)23(20,21)16-6-2-1-3-7-16/h4-5H,1-3,6-8H2,(H,18,19). The molecule has 3 heterocycles. The summed E-state index contributed by atoms with van der Waals surface area (Å²) in [5, 5.41) is 19.7. The third-order valence-corrected chi connectivity index (χ3v) is 6.98. The normalized spacial score (nSPS) is 16.5. The van der Waals surface area contributed by atoms with E-state index in [1.54, 1.807) is 6.07 Å². The van der Waals surface area contributed by atoms with E-state index in [1.165, 1.54) is 10.4 Å². The number of hydrogen-bond acceptors (Lipinski definition) is 7. The molecule has 0 unspecified atom stereocenters. The van der Waals surface area contributed by atoms with Gasteiger partial charge >= 0.3 is 5.97 Å². The number of carboxylic acids is 1. The Kier molecular flexibility index (Phi) is 4.41. The molecule has 124 valence electrons. The minimum atomic E-state index is -3.51. The minimum Gasteiger partial charge on any atom is -0.480 e. The van der Waals surface area contributed by atoms with E-state index in [4.69, 9.17) is 5.11 Å². The number of carboxylic acid groups (broad SMARTS) is 1. The first-order chi connectivity index (χ1) is 11.0. The summed E-state index contributed by atoms with van der Waals surface area (Å²) in [5.41, 5.74) is 0. The van der Waals surface area contributed by atoms with Gasteiger partial charge in [0.25, 0.3) is 10.0 Å². The Balaban J connectivity index is 1.88. The zero-order chi connectivity index (χ0) is 16.4. The summed E-state index contributed by atoms with van der Waals surface area (Å²) in [6.07, 6.45) is 2.79. The first-order valence-electron chi connectivity index (χ1n) is 7.07. The molecule has 23 heavy (non-hydrogen) atoms. The molecule has 0 bridgehead atoms. The highest BCUT2D eigenvalue weighted by Gasteiger charge is 2.28. The van der Waals surface area contributed by atoms with Gasteiger partial charge in [0.2, 0.25) is 0 Å². The maximum Gasteiger partial charge on any atom is 0.325 e. The van der Waals surface area contributed by atoms with Crippen LogP contribution in [-0.4, -0.2) is 57.1 Å². The number of sulfonamides is 1. The van der Waals surface area contributed by atoms with Gasteiger partial charge in [-0.15, -0.1) is 16.4 Å². The lowest BCUT2D eigenvalue weighted by molar-refractivity contribution is -0.137. The zero-order valence-electron chi connectivity index (χ0n) is 12.1. The Hall–Kier alpha value is -1.85. The molecular formula is C12H15N5O4S2. The number of hydrogen-bond donors (Lipinski definition) is 1. The molecule has 11 heteroatoms. The van der Waals surface area contributed by atoms with Crippen LogP contribution in [0.15, 0.2) is 16.3 Å². The Morgan fingerprint density at radius 1 is 1.26 bits per heavy atom. The van der Waals surface area contributed by atoms with E-state index in [-0.39, 0.29) is 16.6 Å². The van der Waals surface area contributed by atoms with Crippen LogP contribution in [0.5, 0.6) is 0 Å². The zero-order valence-corrected chi connectivity index (χ0v) is 13.8. The lowest BCUT2D eigenvalue weighted by atomic mass is 10.2. The molecule has 1 fully saturated rings. The average molecular weight is 357 g/mol. The predicted molar refractivity (Wildman–Crippen MR) is 81.4 cm³/mol. The molecule has 0 atom stereocenters. The Labute approximate surface area is 136 Å². The van der Waals surface area contributed by atoms with Gasteiger partial charge in [-0.2, -0.15) is 4.31 Å². The summed E-state index contributed by atoms with van der Waals surface area (Å²) >= 11 is 1.05. The van der Waals surface area contributed by atoms with Crippen LogP contribution in [0.1, 0.15) is 19.3 Å². The van der Waals surface area contributed by atoms with Gasteiger partial charge in [-0.1, -0.05) is 6.42 Å². The fraction of sp³-hybridized carbons (Fsp3) is 0.500. The fourth-order valence-electron chi connectivity index (χ4n) is 2.43. The molecule has 9 nitrogen and oxygen atoms in total. The van der Waals surface area contributed by atoms with Crippen LogP contribution in [0.4, 0.5) is 0 Å². The molecule has 1 saturated heterocycles. The highest BCUT2D eigenvalue weighted by atomic mass is 32.2. The second-order valence-corrected chi connectivity index (χ2v) is 8.39. The molecule has 2 aromatic heterocycles. The molecule has 0 aromatic carbocycles. The highest BCUT2D eigenvalue weighted by molar-refractivity contribution is 7.91. The van der Waals surface area contributed by atoms with Gasteiger partial charge in [0.05, 0.1) is 4.88 Å². The monoisotopic (exact) mass is 357 g/mol.